The summed E-state index contributed by atoms with van der Waals surface area (Å²) in [6.45, 7) is 20.2. The van der Waals surface area contributed by atoms with Crippen molar-refractivity contribution in [3.63, 3.8) is 0 Å². The van der Waals surface area contributed by atoms with Gasteiger partial charge in [0.1, 0.15) is 23.7 Å². The molecular formula is C32H42O4Si. The lowest BCUT2D eigenvalue weighted by Crippen LogP contribution is -2.50. The van der Waals surface area contributed by atoms with Crippen LogP contribution in [0, 0.1) is 6.92 Å². The van der Waals surface area contributed by atoms with E-state index in [1.807, 2.05) is 69.3 Å². The lowest BCUT2D eigenvalue weighted by molar-refractivity contribution is 0.159. The molecule has 0 spiro atoms. The number of fused-ring (bicyclic) bond motifs is 3. The molecule has 3 aromatic rings. The minimum Gasteiger partial charge on any atom is -0.542 e. The molecule has 0 radical (unpaired) electrons. The summed E-state index contributed by atoms with van der Waals surface area (Å²) in [6.07, 6.45) is 4.09. The van der Waals surface area contributed by atoms with Crippen LogP contribution in [0.2, 0.25) is 16.6 Å². The number of phenolic OH excluding ortho intramolecular Hbond substituents is 1. The van der Waals surface area contributed by atoms with Crippen LogP contribution in [0.4, 0.5) is 0 Å². The molecule has 4 rings (SSSR count). The lowest BCUT2D eigenvalue weighted by atomic mass is 9.94. The van der Waals surface area contributed by atoms with Crippen LogP contribution in [0.25, 0.3) is 16.8 Å². The number of hydrogen-bond donors (Lipinski definition) is 1. The van der Waals surface area contributed by atoms with Crippen molar-refractivity contribution in [2.45, 2.75) is 91.1 Å². The van der Waals surface area contributed by atoms with Crippen molar-refractivity contribution in [3.05, 3.63) is 65.2 Å². The molecule has 4 nitrogen and oxygen atoms in total. The number of rotatable bonds is 8. The zero-order valence-electron chi connectivity index (χ0n) is 23.8. The van der Waals surface area contributed by atoms with Gasteiger partial charge in [-0.15, -0.1) is 0 Å². The molecule has 0 unspecified atom stereocenters. The first-order valence-corrected chi connectivity index (χ1v) is 15.6. The molecule has 1 aliphatic heterocycles. The molecule has 0 aromatic heterocycles. The second-order valence-electron chi connectivity index (χ2n) is 11.8. The normalized spacial score (nSPS) is 14.8. The fourth-order valence-electron chi connectivity index (χ4n) is 6.07. The van der Waals surface area contributed by atoms with E-state index in [-0.39, 0.29) is 5.75 Å². The van der Waals surface area contributed by atoms with Crippen molar-refractivity contribution < 1.29 is 19.0 Å². The molecule has 37 heavy (non-hydrogen) atoms. The summed E-state index contributed by atoms with van der Waals surface area (Å²) in [4.78, 5) is 0. The maximum Gasteiger partial charge on any atom is 0.258 e. The zero-order valence-corrected chi connectivity index (χ0v) is 24.8. The summed E-state index contributed by atoms with van der Waals surface area (Å²) in [5, 5.41) is 13.3. The molecule has 5 heteroatoms. The number of aromatic hydroxyl groups is 1. The van der Waals surface area contributed by atoms with Crippen molar-refractivity contribution >= 4 is 25.2 Å². The van der Waals surface area contributed by atoms with E-state index in [0.29, 0.717) is 34.4 Å². The first-order chi connectivity index (χ1) is 17.4. The van der Waals surface area contributed by atoms with E-state index in [2.05, 4.69) is 47.6 Å². The van der Waals surface area contributed by atoms with Gasteiger partial charge in [0.25, 0.3) is 8.32 Å². The number of benzene rings is 3. The summed E-state index contributed by atoms with van der Waals surface area (Å²) in [5.74, 6) is 2.17. The molecule has 0 saturated heterocycles. The molecule has 0 saturated carbocycles. The fraction of sp³-hybridized carbons (Fsp3) is 0.438. The van der Waals surface area contributed by atoms with Gasteiger partial charge in [-0.2, -0.15) is 0 Å². The second-order valence-corrected chi connectivity index (χ2v) is 17.1. The third-order valence-corrected chi connectivity index (χ3v) is 13.8. The van der Waals surface area contributed by atoms with Gasteiger partial charge in [0.05, 0.1) is 0 Å². The standard InChI is InChI=1S/C32H42O4Si/c1-20(2)37(21(3)4,22(5)6)36-30-23(7)31(34-19-24-13-11-10-12-14-24)29(33)28-25-17-18-32(8,9)35-27(25)16-15-26(28)30/h10-18,20-22,33H,19H2,1-9H3. The van der Waals surface area contributed by atoms with Crippen LogP contribution >= 0.6 is 0 Å². The summed E-state index contributed by atoms with van der Waals surface area (Å²) in [6, 6.07) is 14.1. The van der Waals surface area contributed by atoms with Gasteiger partial charge in [-0.05, 0) is 61.2 Å². The van der Waals surface area contributed by atoms with Gasteiger partial charge in [-0.3, -0.25) is 0 Å². The van der Waals surface area contributed by atoms with E-state index in [1.165, 1.54) is 0 Å². The van der Waals surface area contributed by atoms with Gasteiger partial charge >= 0.3 is 0 Å². The van der Waals surface area contributed by atoms with E-state index in [1.54, 1.807) is 0 Å². The maximum absolute atomic E-state index is 11.7. The van der Waals surface area contributed by atoms with Gasteiger partial charge in [0, 0.05) is 21.9 Å². The quantitative estimate of drug-likeness (QED) is 0.302. The third-order valence-electron chi connectivity index (χ3n) is 7.82. The Bertz CT molecular complexity index is 1280. The largest absolute Gasteiger partial charge is 0.542 e. The summed E-state index contributed by atoms with van der Waals surface area (Å²) in [5.41, 5.74) is 3.54. The van der Waals surface area contributed by atoms with E-state index in [9.17, 15) is 5.11 Å². The third kappa shape index (κ3) is 4.86. The smallest absolute Gasteiger partial charge is 0.258 e. The van der Waals surface area contributed by atoms with Crippen LogP contribution in [0.5, 0.6) is 23.0 Å². The van der Waals surface area contributed by atoms with Crippen LogP contribution in [0.1, 0.15) is 72.1 Å². The van der Waals surface area contributed by atoms with Crippen LogP contribution < -0.4 is 13.9 Å². The minimum absolute atomic E-state index is 0.131. The highest BCUT2D eigenvalue weighted by Gasteiger charge is 2.47. The molecule has 198 valence electrons. The van der Waals surface area contributed by atoms with Crippen LogP contribution in [-0.4, -0.2) is 19.0 Å². The van der Waals surface area contributed by atoms with Gasteiger partial charge in [-0.1, -0.05) is 78.0 Å². The van der Waals surface area contributed by atoms with Crippen LogP contribution in [-0.2, 0) is 6.61 Å². The fourth-order valence-corrected chi connectivity index (χ4v) is 11.4. The molecule has 0 bridgehead atoms. The van der Waals surface area contributed by atoms with Gasteiger partial charge in [0.15, 0.2) is 11.5 Å². The van der Waals surface area contributed by atoms with Crippen molar-refractivity contribution in [2.75, 3.05) is 0 Å². The van der Waals surface area contributed by atoms with Crippen LogP contribution in [0.3, 0.4) is 0 Å². The average Bonchev–Trinajstić information content (AvgIpc) is 2.83. The lowest BCUT2D eigenvalue weighted by Gasteiger charge is -2.43. The highest BCUT2D eigenvalue weighted by atomic mass is 28.4. The maximum atomic E-state index is 11.7. The Labute approximate surface area is 223 Å². The molecular weight excluding hydrogens is 476 g/mol. The number of ether oxygens (including phenoxy) is 2. The Morgan fingerprint density at radius 2 is 1.51 bits per heavy atom. The van der Waals surface area contributed by atoms with Gasteiger partial charge in [-0.25, -0.2) is 0 Å². The second kappa shape index (κ2) is 10.1. The van der Waals surface area contributed by atoms with Crippen molar-refractivity contribution in [1.82, 2.24) is 0 Å². The molecule has 3 aromatic carbocycles. The van der Waals surface area contributed by atoms with Crippen LogP contribution in [0.15, 0.2) is 48.5 Å². The molecule has 1 aliphatic rings. The molecule has 0 atom stereocenters. The Morgan fingerprint density at radius 3 is 2.11 bits per heavy atom. The summed E-state index contributed by atoms with van der Waals surface area (Å²) in [7, 11) is -2.29. The van der Waals surface area contributed by atoms with Crippen molar-refractivity contribution in [1.29, 1.82) is 0 Å². The highest BCUT2D eigenvalue weighted by molar-refractivity contribution is 6.78. The van der Waals surface area contributed by atoms with E-state index in [4.69, 9.17) is 13.9 Å². The SMILES string of the molecule is Cc1c(OCc2ccccc2)c(O)c2c3c(ccc2c1O[Si](C(C)C)(C(C)C)C(C)C)OC(C)(C)C=C3. The number of phenols is 1. The first-order valence-electron chi connectivity index (χ1n) is 13.4. The van der Waals surface area contributed by atoms with E-state index < -0.39 is 13.9 Å². The first kappa shape index (κ1) is 27.1. The monoisotopic (exact) mass is 518 g/mol. The predicted molar refractivity (Wildman–Crippen MR) is 157 cm³/mol. The Morgan fingerprint density at radius 1 is 0.892 bits per heavy atom. The highest BCUT2D eigenvalue weighted by Crippen LogP contribution is 2.52. The summed E-state index contributed by atoms with van der Waals surface area (Å²) < 4.78 is 19.9. The summed E-state index contributed by atoms with van der Waals surface area (Å²) >= 11 is 0. The Kier molecular flexibility index (Phi) is 7.40. The topological polar surface area (TPSA) is 47.9 Å². The molecule has 0 fully saturated rings. The molecule has 1 heterocycles. The predicted octanol–water partition coefficient (Wildman–Crippen LogP) is 9.17. The van der Waals surface area contributed by atoms with Gasteiger partial charge in [0.2, 0.25) is 0 Å². The molecule has 0 aliphatic carbocycles. The van der Waals surface area contributed by atoms with Crippen molar-refractivity contribution in [3.8, 4) is 23.0 Å². The van der Waals surface area contributed by atoms with E-state index in [0.717, 1.165) is 33.6 Å². The Balaban J connectivity index is 1.98. The minimum atomic E-state index is -2.29. The average molecular weight is 519 g/mol. The molecule has 0 amide bonds. The molecule has 1 N–H and O–H groups in total. The van der Waals surface area contributed by atoms with Gasteiger partial charge < -0.3 is 19.0 Å². The Hall–Kier alpha value is -2.92. The van der Waals surface area contributed by atoms with E-state index >= 15 is 0 Å². The van der Waals surface area contributed by atoms with Crippen molar-refractivity contribution in [2.24, 2.45) is 0 Å². The zero-order chi connectivity index (χ0) is 27.1. The number of hydrogen-bond acceptors (Lipinski definition) is 4.